The molecular formula is C33H48N4O9. The van der Waals surface area contributed by atoms with Crippen LogP contribution in [0.3, 0.4) is 0 Å². The molecule has 46 heavy (non-hydrogen) atoms. The molecule has 1 aliphatic carbocycles. The fourth-order valence-corrected chi connectivity index (χ4v) is 5.65. The molecule has 0 spiro atoms. The molecule has 3 N–H and O–H groups in total. The molecule has 2 aliphatic rings. The van der Waals surface area contributed by atoms with Crippen molar-refractivity contribution in [1.29, 1.82) is 0 Å². The number of amides is 5. The Kier molecular flexibility index (Phi) is 13.0. The van der Waals surface area contributed by atoms with Gasteiger partial charge in [0.25, 0.3) is 5.91 Å². The Labute approximate surface area is 270 Å². The van der Waals surface area contributed by atoms with Crippen molar-refractivity contribution in [2.45, 2.75) is 122 Å². The fraction of sp³-hybridized carbons (Fsp3) is 0.636. The van der Waals surface area contributed by atoms with Crippen LogP contribution in [0.4, 0.5) is 9.59 Å². The number of carbonyl (C=O) groups excluding carboxylic acids is 5. The van der Waals surface area contributed by atoms with E-state index in [1.165, 1.54) is 4.90 Å². The molecule has 13 heteroatoms. The third-order valence-corrected chi connectivity index (χ3v) is 8.33. The summed E-state index contributed by atoms with van der Waals surface area (Å²) in [5.74, 6) is -4.07. The van der Waals surface area contributed by atoms with Crippen molar-refractivity contribution < 1.29 is 43.3 Å². The van der Waals surface area contributed by atoms with Crippen LogP contribution in [0, 0.1) is 5.92 Å². The zero-order valence-corrected chi connectivity index (χ0v) is 27.5. The first-order chi connectivity index (χ1) is 21.7. The van der Waals surface area contributed by atoms with E-state index in [-0.39, 0.29) is 38.0 Å². The highest BCUT2D eigenvalue weighted by molar-refractivity contribution is 6.04. The molecule has 0 radical (unpaired) electrons. The molecule has 1 heterocycles. The lowest BCUT2D eigenvalue weighted by Gasteiger charge is -2.31. The van der Waals surface area contributed by atoms with E-state index in [2.05, 4.69) is 10.6 Å². The average Bonchev–Trinajstić information content (AvgIpc) is 3.37. The second-order valence-electron chi connectivity index (χ2n) is 13.0. The molecule has 254 valence electrons. The summed E-state index contributed by atoms with van der Waals surface area (Å²) < 4.78 is 10.7. The van der Waals surface area contributed by atoms with E-state index in [4.69, 9.17) is 9.47 Å². The third-order valence-electron chi connectivity index (χ3n) is 8.33. The van der Waals surface area contributed by atoms with Gasteiger partial charge in [-0.05, 0) is 51.5 Å². The van der Waals surface area contributed by atoms with Crippen molar-refractivity contribution in [1.82, 2.24) is 20.4 Å². The summed E-state index contributed by atoms with van der Waals surface area (Å²) in [5.41, 5.74) is -0.0677. The van der Waals surface area contributed by atoms with Crippen LogP contribution in [0.15, 0.2) is 30.3 Å². The van der Waals surface area contributed by atoms with Gasteiger partial charge in [0.2, 0.25) is 5.91 Å². The third kappa shape index (κ3) is 10.2. The Morgan fingerprint density at radius 2 is 1.67 bits per heavy atom. The summed E-state index contributed by atoms with van der Waals surface area (Å²) in [6.45, 7) is 8.44. The maximum atomic E-state index is 14.0. The number of aliphatic carboxylic acids is 1. The maximum absolute atomic E-state index is 14.0. The van der Waals surface area contributed by atoms with Gasteiger partial charge in [-0.1, -0.05) is 69.9 Å². The van der Waals surface area contributed by atoms with Crippen LogP contribution in [0.1, 0.15) is 91.5 Å². The number of nitrogens with one attached hydrogen (secondary N) is 2. The largest absolute Gasteiger partial charge is 0.480 e. The quantitative estimate of drug-likeness (QED) is 0.269. The van der Waals surface area contributed by atoms with Crippen molar-refractivity contribution in [3.05, 3.63) is 35.9 Å². The van der Waals surface area contributed by atoms with Crippen LogP contribution in [-0.2, 0) is 35.3 Å². The van der Waals surface area contributed by atoms with Crippen molar-refractivity contribution in [3.8, 4) is 0 Å². The van der Waals surface area contributed by atoms with Gasteiger partial charge in [-0.3, -0.25) is 14.4 Å². The van der Waals surface area contributed by atoms with E-state index in [0.29, 0.717) is 24.2 Å². The predicted molar refractivity (Wildman–Crippen MR) is 167 cm³/mol. The number of esters is 1. The van der Waals surface area contributed by atoms with E-state index in [1.54, 1.807) is 52.0 Å². The minimum Gasteiger partial charge on any atom is -0.480 e. The zero-order valence-electron chi connectivity index (χ0n) is 27.5. The van der Waals surface area contributed by atoms with Crippen molar-refractivity contribution in [2.75, 3.05) is 6.54 Å². The van der Waals surface area contributed by atoms with Crippen LogP contribution >= 0.6 is 0 Å². The lowest BCUT2D eigenvalue weighted by molar-refractivity contribution is -0.148. The van der Waals surface area contributed by atoms with Gasteiger partial charge in [-0.2, -0.15) is 0 Å². The van der Waals surface area contributed by atoms with Gasteiger partial charge in [0.05, 0.1) is 6.54 Å². The second kappa shape index (κ2) is 16.4. The van der Waals surface area contributed by atoms with Gasteiger partial charge in [-0.25, -0.2) is 19.3 Å². The Hall–Kier alpha value is -4.16. The molecule has 1 aliphatic heterocycles. The lowest BCUT2D eigenvalue weighted by Crippen LogP contribution is -2.58. The summed E-state index contributed by atoms with van der Waals surface area (Å²) in [6, 6.07) is 4.04. The first-order valence-electron chi connectivity index (χ1n) is 16.1. The number of carboxylic acid groups (broad SMARTS) is 1. The van der Waals surface area contributed by atoms with Crippen LogP contribution in [0.5, 0.6) is 0 Å². The number of nitrogens with zero attached hydrogens (tertiary/aromatic N) is 2. The summed E-state index contributed by atoms with van der Waals surface area (Å²) >= 11 is 0. The summed E-state index contributed by atoms with van der Waals surface area (Å²) in [6.07, 6.45) is 3.31. The number of carbonyl (C=O) groups is 6. The smallest absolute Gasteiger partial charge is 0.408 e. The van der Waals surface area contributed by atoms with Gasteiger partial charge in [0, 0.05) is 12.5 Å². The van der Waals surface area contributed by atoms with Crippen molar-refractivity contribution >= 4 is 35.9 Å². The Balaban J connectivity index is 1.84. The standard InChI is InChI=1S/C33H48N4O9/c1-6-21(2)27(35-31(43)46-33(3,4)5)28(39)34-24(17-18-26(38)45-20-22-13-9-7-10-14-22)29(40)37-25(30(41)42)19-36(32(37)44)23-15-11-8-12-16-23/h7,9-10,13-14,21,23-25,27H,6,8,11-12,15-20H2,1-5H3,(H,34,39)(H,35,43)(H,41,42)/t21-,24-,25-,27-/m0/s1. The van der Waals surface area contributed by atoms with E-state index >= 15 is 0 Å². The Bertz CT molecular complexity index is 1240. The molecule has 0 unspecified atom stereocenters. The molecule has 1 aromatic rings. The normalized spacial score (nSPS) is 19.2. The number of rotatable bonds is 13. The summed E-state index contributed by atoms with van der Waals surface area (Å²) in [5, 5.41) is 15.2. The number of ether oxygens (including phenoxy) is 2. The number of hydrogen-bond acceptors (Lipinski definition) is 8. The predicted octanol–water partition coefficient (Wildman–Crippen LogP) is 3.98. The highest BCUT2D eigenvalue weighted by Crippen LogP contribution is 2.29. The number of benzene rings is 1. The minimum atomic E-state index is -1.46. The molecule has 1 saturated heterocycles. The number of hydrogen-bond donors (Lipinski definition) is 3. The highest BCUT2D eigenvalue weighted by Gasteiger charge is 2.49. The van der Waals surface area contributed by atoms with E-state index in [9.17, 15) is 33.9 Å². The number of carboxylic acids is 1. The van der Waals surface area contributed by atoms with Gasteiger partial charge in [-0.15, -0.1) is 0 Å². The van der Waals surface area contributed by atoms with Crippen molar-refractivity contribution in [2.24, 2.45) is 5.92 Å². The van der Waals surface area contributed by atoms with Crippen LogP contribution in [0.25, 0.3) is 0 Å². The molecule has 1 aromatic carbocycles. The number of imide groups is 1. The fourth-order valence-electron chi connectivity index (χ4n) is 5.65. The molecule has 5 amide bonds. The van der Waals surface area contributed by atoms with Gasteiger partial charge >= 0.3 is 24.1 Å². The Morgan fingerprint density at radius 3 is 2.26 bits per heavy atom. The minimum absolute atomic E-state index is 0.00257. The van der Waals surface area contributed by atoms with Crippen molar-refractivity contribution in [3.63, 3.8) is 0 Å². The maximum Gasteiger partial charge on any atom is 0.408 e. The van der Waals surface area contributed by atoms with E-state index in [0.717, 1.165) is 24.8 Å². The molecule has 13 nitrogen and oxygen atoms in total. The highest BCUT2D eigenvalue weighted by atomic mass is 16.6. The van der Waals surface area contributed by atoms with E-state index in [1.807, 2.05) is 13.0 Å². The van der Waals surface area contributed by atoms with Crippen LogP contribution in [-0.4, -0.2) is 87.1 Å². The molecule has 2 fully saturated rings. The monoisotopic (exact) mass is 644 g/mol. The zero-order chi connectivity index (χ0) is 34.0. The lowest BCUT2D eigenvalue weighted by atomic mass is 9.94. The van der Waals surface area contributed by atoms with Gasteiger partial charge in [0.1, 0.15) is 24.3 Å². The molecule has 1 saturated carbocycles. The van der Waals surface area contributed by atoms with Crippen LogP contribution in [0.2, 0.25) is 0 Å². The SMILES string of the molecule is CC[C@H](C)[C@H](NC(=O)OC(C)(C)C)C(=O)N[C@@H](CCC(=O)OCc1ccccc1)C(=O)N1C(=O)N(C2CCCCC2)C[C@H]1C(=O)O. The average molecular weight is 645 g/mol. The Morgan fingerprint density at radius 1 is 1.02 bits per heavy atom. The van der Waals surface area contributed by atoms with E-state index < -0.39 is 59.6 Å². The van der Waals surface area contributed by atoms with Gasteiger partial charge < -0.3 is 30.1 Å². The number of urea groups is 1. The van der Waals surface area contributed by atoms with Gasteiger partial charge in [0.15, 0.2) is 6.04 Å². The van der Waals surface area contributed by atoms with Crippen LogP contribution < -0.4 is 10.6 Å². The number of alkyl carbamates (subject to hydrolysis) is 1. The molecule has 4 atom stereocenters. The first kappa shape index (κ1) is 36.3. The molecule has 0 aromatic heterocycles. The molecular weight excluding hydrogens is 596 g/mol. The summed E-state index contributed by atoms with van der Waals surface area (Å²) in [4.78, 5) is 81.0. The topological polar surface area (TPSA) is 172 Å². The second-order valence-corrected chi connectivity index (χ2v) is 13.0. The first-order valence-corrected chi connectivity index (χ1v) is 16.1. The molecule has 3 rings (SSSR count). The molecule has 0 bridgehead atoms. The summed E-state index contributed by atoms with van der Waals surface area (Å²) in [7, 11) is 0.